The normalized spacial score (nSPS) is 20.9. The van der Waals surface area contributed by atoms with E-state index in [0.717, 1.165) is 51.5 Å². The molecule has 0 unspecified atom stereocenters. The Morgan fingerprint density at radius 1 is 1.26 bits per heavy atom. The molecule has 6 nitrogen and oxygen atoms in total. The minimum atomic E-state index is 0.233. The standard InChI is InChI=1S/C13H21N5O/c19-13(11-16-5-1-2-14-3-6-16)18-9-8-17-7-4-15-12(17)10-18/h4,7,14H,1-3,5-6,8-11H2. The van der Waals surface area contributed by atoms with Crippen molar-refractivity contribution in [3.8, 4) is 0 Å². The Morgan fingerprint density at radius 3 is 3.16 bits per heavy atom. The molecule has 1 saturated heterocycles. The van der Waals surface area contributed by atoms with Crippen LogP contribution in [0.15, 0.2) is 12.4 Å². The van der Waals surface area contributed by atoms with E-state index in [2.05, 4.69) is 19.8 Å². The van der Waals surface area contributed by atoms with Crippen molar-refractivity contribution in [3.63, 3.8) is 0 Å². The Morgan fingerprint density at radius 2 is 2.21 bits per heavy atom. The molecule has 1 fully saturated rings. The molecular weight excluding hydrogens is 242 g/mol. The van der Waals surface area contributed by atoms with Crippen molar-refractivity contribution in [2.45, 2.75) is 19.5 Å². The van der Waals surface area contributed by atoms with Gasteiger partial charge in [-0.15, -0.1) is 0 Å². The van der Waals surface area contributed by atoms with Crippen LogP contribution in [-0.4, -0.2) is 64.5 Å². The second-order valence-corrected chi connectivity index (χ2v) is 5.23. The molecule has 1 aromatic heterocycles. The fraction of sp³-hybridized carbons (Fsp3) is 0.692. The lowest BCUT2D eigenvalue weighted by atomic mass is 10.3. The van der Waals surface area contributed by atoms with Crippen LogP contribution in [0.1, 0.15) is 12.2 Å². The number of carbonyl (C=O) groups excluding carboxylic acids is 1. The Hall–Kier alpha value is -1.40. The fourth-order valence-corrected chi connectivity index (χ4v) is 2.74. The molecular formula is C13H21N5O. The van der Waals surface area contributed by atoms with Crippen LogP contribution in [0.2, 0.25) is 0 Å². The van der Waals surface area contributed by atoms with Gasteiger partial charge in [0, 0.05) is 38.6 Å². The summed E-state index contributed by atoms with van der Waals surface area (Å²) in [6.45, 7) is 6.89. The van der Waals surface area contributed by atoms with Gasteiger partial charge in [0.15, 0.2) is 0 Å². The van der Waals surface area contributed by atoms with Gasteiger partial charge in [-0.2, -0.15) is 0 Å². The Bertz CT molecular complexity index is 436. The van der Waals surface area contributed by atoms with Crippen LogP contribution >= 0.6 is 0 Å². The van der Waals surface area contributed by atoms with E-state index in [4.69, 9.17) is 0 Å². The van der Waals surface area contributed by atoms with Crippen molar-refractivity contribution < 1.29 is 4.79 Å². The summed E-state index contributed by atoms with van der Waals surface area (Å²) in [5.41, 5.74) is 0. The topological polar surface area (TPSA) is 53.4 Å². The predicted octanol–water partition coefficient (Wildman–Crippen LogP) is -0.479. The average Bonchev–Trinajstić information content (AvgIpc) is 2.75. The Kier molecular flexibility index (Phi) is 3.79. The lowest BCUT2D eigenvalue weighted by Gasteiger charge is -2.30. The van der Waals surface area contributed by atoms with Crippen LogP contribution in [0.25, 0.3) is 0 Å². The third-order valence-electron chi connectivity index (χ3n) is 3.89. The SMILES string of the molecule is O=C(CN1CCCNCC1)N1CCn2ccnc2C1. The van der Waals surface area contributed by atoms with Gasteiger partial charge in [-0.25, -0.2) is 4.98 Å². The summed E-state index contributed by atoms with van der Waals surface area (Å²) >= 11 is 0. The maximum absolute atomic E-state index is 12.3. The van der Waals surface area contributed by atoms with E-state index in [1.165, 1.54) is 0 Å². The third kappa shape index (κ3) is 2.96. The molecule has 3 rings (SSSR count). The molecule has 2 aliphatic heterocycles. The number of aromatic nitrogens is 2. The highest BCUT2D eigenvalue weighted by molar-refractivity contribution is 5.78. The van der Waals surface area contributed by atoms with Crippen LogP contribution < -0.4 is 5.32 Å². The predicted molar refractivity (Wildman–Crippen MR) is 71.6 cm³/mol. The highest BCUT2D eigenvalue weighted by Crippen LogP contribution is 2.10. The second-order valence-electron chi connectivity index (χ2n) is 5.23. The number of rotatable bonds is 2. The zero-order valence-electron chi connectivity index (χ0n) is 11.2. The molecule has 0 spiro atoms. The first-order valence-corrected chi connectivity index (χ1v) is 7.04. The molecule has 1 aromatic rings. The van der Waals surface area contributed by atoms with Crippen LogP contribution in [0.5, 0.6) is 0 Å². The number of imidazole rings is 1. The van der Waals surface area contributed by atoms with E-state index in [1.807, 2.05) is 17.3 Å². The van der Waals surface area contributed by atoms with Crippen LogP contribution in [0, 0.1) is 0 Å². The van der Waals surface area contributed by atoms with Crippen molar-refractivity contribution >= 4 is 5.91 Å². The van der Waals surface area contributed by atoms with Gasteiger partial charge >= 0.3 is 0 Å². The van der Waals surface area contributed by atoms with Gasteiger partial charge in [-0.3, -0.25) is 9.69 Å². The van der Waals surface area contributed by atoms with Crippen molar-refractivity contribution in [1.29, 1.82) is 0 Å². The quantitative estimate of drug-likeness (QED) is 0.783. The number of hydrogen-bond donors (Lipinski definition) is 1. The van der Waals surface area contributed by atoms with Gasteiger partial charge in [0.25, 0.3) is 0 Å². The van der Waals surface area contributed by atoms with E-state index >= 15 is 0 Å². The maximum atomic E-state index is 12.3. The molecule has 104 valence electrons. The summed E-state index contributed by atoms with van der Waals surface area (Å²) in [7, 11) is 0. The lowest BCUT2D eigenvalue weighted by molar-refractivity contribution is -0.133. The number of fused-ring (bicyclic) bond motifs is 1. The maximum Gasteiger partial charge on any atom is 0.237 e. The summed E-state index contributed by atoms with van der Waals surface area (Å²) in [6, 6.07) is 0. The van der Waals surface area contributed by atoms with Crippen molar-refractivity contribution in [3.05, 3.63) is 18.2 Å². The molecule has 1 N–H and O–H groups in total. The van der Waals surface area contributed by atoms with Gasteiger partial charge < -0.3 is 14.8 Å². The molecule has 0 aliphatic carbocycles. The van der Waals surface area contributed by atoms with E-state index in [0.29, 0.717) is 13.1 Å². The minimum absolute atomic E-state index is 0.233. The lowest BCUT2D eigenvalue weighted by Crippen LogP contribution is -2.44. The summed E-state index contributed by atoms with van der Waals surface area (Å²) in [5.74, 6) is 1.23. The molecule has 0 radical (unpaired) electrons. The van der Waals surface area contributed by atoms with Gasteiger partial charge in [0.05, 0.1) is 13.1 Å². The Balaban J connectivity index is 1.56. The number of amides is 1. The highest BCUT2D eigenvalue weighted by Gasteiger charge is 2.23. The van der Waals surface area contributed by atoms with Gasteiger partial charge in [-0.05, 0) is 19.5 Å². The van der Waals surface area contributed by atoms with E-state index < -0.39 is 0 Å². The third-order valence-corrected chi connectivity index (χ3v) is 3.89. The van der Waals surface area contributed by atoms with E-state index in [9.17, 15) is 4.79 Å². The number of nitrogens with one attached hydrogen (secondary N) is 1. The molecule has 6 heteroatoms. The van der Waals surface area contributed by atoms with Crippen molar-refractivity contribution in [2.24, 2.45) is 0 Å². The van der Waals surface area contributed by atoms with Crippen LogP contribution in [-0.2, 0) is 17.9 Å². The molecule has 3 heterocycles. The first-order valence-electron chi connectivity index (χ1n) is 7.04. The van der Waals surface area contributed by atoms with Gasteiger partial charge in [0.2, 0.25) is 5.91 Å². The summed E-state index contributed by atoms with van der Waals surface area (Å²) in [4.78, 5) is 20.8. The molecule has 0 saturated carbocycles. The average molecular weight is 263 g/mol. The molecule has 0 atom stereocenters. The van der Waals surface area contributed by atoms with Crippen molar-refractivity contribution in [2.75, 3.05) is 39.3 Å². The highest BCUT2D eigenvalue weighted by atomic mass is 16.2. The molecule has 2 aliphatic rings. The van der Waals surface area contributed by atoms with Crippen molar-refractivity contribution in [1.82, 2.24) is 24.7 Å². The number of nitrogens with zero attached hydrogens (tertiary/aromatic N) is 4. The monoisotopic (exact) mass is 263 g/mol. The van der Waals surface area contributed by atoms with E-state index in [-0.39, 0.29) is 5.91 Å². The smallest absolute Gasteiger partial charge is 0.237 e. The first-order chi connectivity index (χ1) is 9.33. The zero-order chi connectivity index (χ0) is 13.1. The number of hydrogen-bond acceptors (Lipinski definition) is 4. The summed E-state index contributed by atoms with van der Waals surface area (Å²) < 4.78 is 2.12. The second kappa shape index (κ2) is 5.71. The van der Waals surface area contributed by atoms with Gasteiger partial charge in [-0.1, -0.05) is 0 Å². The van der Waals surface area contributed by atoms with Crippen LogP contribution in [0.4, 0.5) is 0 Å². The molecule has 19 heavy (non-hydrogen) atoms. The molecule has 0 bridgehead atoms. The molecule has 1 amide bonds. The molecule has 0 aromatic carbocycles. The largest absolute Gasteiger partial charge is 0.332 e. The summed E-state index contributed by atoms with van der Waals surface area (Å²) in [6.07, 6.45) is 4.92. The van der Waals surface area contributed by atoms with E-state index in [1.54, 1.807) is 0 Å². The minimum Gasteiger partial charge on any atom is -0.332 e. The van der Waals surface area contributed by atoms with Crippen LogP contribution in [0.3, 0.4) is 0 Å². The first kappa shape index (κ1) is 12.6. The fourth-order valence-electron chi connectivity index (χ4n) is 2.74. The number of carbonyl (C=O) groups is 1. The zero-order valence-corrected chi connectivity index (χ0v) is 11.2. The Labute approximate surface area is 113 Å². The van der Waals surface area contributed by atoms with Gasteiger partial charge in [0.1, 0.15) is 5.82 Å². The summed E-state index contributed by atoms with van der Waals surface area (Å²) in [5, 5.41) is 3.36.